The Morgan fingerprint density at radius 2 is 2.19 bits per heavy atom. The van der Waals surface area contributed by atoms with Gasteiger partial charge in [0.05, 0.1) is 19.6 Å². The van der Waals surface area contributed by atoms with Gasteiger partial charge in [-0.25, -0.2) is 4.79 Å². The largest absolute Gasteiger partial charge is 0.466 e. The Balaban J connectivity index is 1.60. The Bertz CT molecular complexity index is 672. The van der Waals surface area contributed by atoms with Gasteiger partial charge in [-0.3, -0.25) is 4.79 Å². The highest BCUT2D eigenvalue weighted by atomic mass is 16.8. The number of allylic oxidation sites excluding steroid dienone is 1. The molecule has 4 aliphatic rings. The van der Waals surface area contributed by atoms with Crippen LogP contribution in [0.3, 0.4) is 0 Å². The highest BCUT2D eigenvalue weighted by Gasteiger charge is 2.61. The first kappa shape index (κ1) is 18.9. The molecule has 7 atom stereocenters. The number of carbonyl (C=O) groups excluding carboxylic acids is 2. The Morgan fingerprint density at radius 3 is 2.81 bits per heavy atom. The first-order valence-electron chi connectivity index (χ1n) is 10.1. The zero-order valence-electron chi connectivity index (χ0n) is 16.4. The SMILES string of the molecule is COC(=O)C1=CCCC2C1(CO)CCC(C)C2(C)CCC1C(=O)OC2OC21. The monoisotopic (exact) mass is 378 g/mol. The van der Waals surface area contributed by atoms with Crippen molar-refractivity contribution in [2.45, 2.75) is 64.8 Å². The Kier molecular flexibility index (Phi) is 4.62. The number of aliphatic hydroxyl groups excluding tert-OH is 1. The van der Waals surface area contributed by atoms with E-state index in [2.05, 4.69) is 13.8 Å². The lowest BCUT2D eigenvalue weighted by atomic mass is 9.46. The molecule has 7 unspecified atom stereocenters. The van der Waals surface area contributed by atoms with Crippen LogP contribution in [0.5, 0.6) is 0 Å². The third-order valence-corrected chi connectivity index (χ3v) is 8.05. The van der Waals surface area contributed by atoms with Crippen LogP contribution in [0.1, 0.15) is 52.4 Å². The van der Waals surface area contributed by atoms with Gasteiger partial charge in [-0.2, -0.15) is 0 Å². The predicted octanol–water partition coefficient (Wildman–Crippen LogP) is 2.59. The van der Waals surface area contributed by atoms with E-state index in [0.29, 0.717) is 11.5 Å². The van der Waals surface area contributed by atoms with E-state index in [-0.39, 0.29) is 48.2 Å². The lowest BCUT2D eigenvalue weighted by Gasteiger charge is -2.58. The summed E-state index contributed by atoms with van der Waals surface area (Å²) in [6, 6.07) is 0. The fourth-order valence-electron chi connectivity index (χ4n) is 6.14. The van der Waals surface area contributed by atoms with E-state index in [1.165, 1.54) is 7.11 Å². The van der Waals surface area contributed by atoms with Crippen molar-refractivity contribution in [3.05, 3.63) is 11.6 Å². The Morgan fingerprint density at radius 1 is 1.41 bits per heavy atom. The molecule has 0 aromatic carbocycles. The minimum absolute atomic E-state index is 0.0415. The molecule has 0 spiro atoms. The summed E-state index contributed by atoms with van der Waals surface area (Å²) in [5.74, 6) is -0.00263. The van der Waals surface area contributed by atoms with Crippen molar-refractivity contribution in [2.75, 3.05) is 13.7 Å². The van der Waals surface area contributed by atoms with Crippen LogP contribution in [0.15, 0.2) is 11.6 Å². The number of aliphatic hydroxyl groups is 1. The van der Waals surface area contributed by atoms with Crippen LogP contribution in [0.2, 0.25) is 0 Å². The zero-order chi connectivity index (χ0) is 19.4. The van der Waals surface area contributed by atoms with Gasteiger partial charge in [-0.15, -0.1) is 0 Å². The second-order valence-electron chi connectivity index (χ2n) is 9.05. The average Bonchev–Trinajstić information content (AvgIpc) is 3.35. The summed E-state index contributed by atoms with van der Waals surface area (Å²) in [5.41, 5.74) is 0.0381. The molecule has 27 heavy (non-hydrogen) atoms. The number of ether oxygens (including phenoxy) is 3. The number of rotatable bonds is 5. The average molecular weight is 378 g/mol. The fourth-order valence-corrected chi connectivity index (χ4v) is 6.14. The lowest BCUT2D eigenvalue weighted by Crippen LogP contribution is -2.54. The topological polar surface area (TPSA) is 85.4 Å². The fraction of sp³-hybridized carbons (Fsp3) is 0.810. The van der Waals surface area contributed by atoms with Gasteiger partial charge in [0.25, 0.3) is 0 Å². The highest BCUT2D eigenvalue weighted by Crippen LogP contribution is 2.62. The molecule has 2 saturated heterocycles. The van der Waals surface area contributed by atoms with E-state index in [4.69, 9.17) is 14.2 Å². The minimum atomic E-state index is -0.540. The second kappa shape index (κ2) is 6.59. The van der Waals surface area contributed by atoms with Crippen LogP contribution in [0, 0.1) is 28.6 Å². The number of esters is 2. The Hall–Kier alpha value is -1.40. The third kappa shape index (κ3) is 2.75. The molecule has 0 amide bonds. The molecule has 1 N–H and O–H groups in total. The number of fused-ring (bicyclic) bond motifs is 2. The maximum absolute atomic E-state index is 12.5. The van der Waals surface area contributed by atoms with E-state index in [0.717, 1.165) is 38.5 Å². The third-order valence-electron chi connectivity index (χ3n) is 8.05. The van der Waals surface area contributed by atoms with E-state index < -0.39 is 5.41 Å². The van der Waals surface area contributed by atoms with Gasteiger partial charge in [0.2, 0.25) is 6.29 Å². The van der Waals surface area contributed by atoms with Gasteiger partial charge in [-0.1, -0.05) is 19.9 Å². The molecule has 4 rings (SSSR count). The van der Waals surface area contributed by atoms with Gasteiger partial charge < -0.3 is 19.3 Å². The summed E-state index contributed by atoms with van der Waals surface area (Å²) in [5, 5.41) is 10.4. The van der Waals surface area contributed by atoms with Crippen molar-refractivity contribution < 1.29 is 28.9 Å². The summed E-state index contributed by atoms with van der Waals surface area (Å²) < 4.78 is 15.6. The van der Waals surface area contributed by atoms with Crippen LogP contribution >= 0.6 is 0 Å². The van der Waals surface area contributed by atoms with Crippen LogP contribution in [0.25, 0.3) is 0 Å². The maximum Gasteiger partial charge on any atom is 0.334 e. The number of epoxide rings is 1. The molecule has 150 valence electrons. The molecule has 2 heterocycles. The maximum atomic E-state index is 12.5. The van der Waals surface area contributed by atoms with Crippen molar-refractivity contribution in [2.24, 2.45) is 28.6 Å². The first-order chi connectivity index (χ1) is 12.9. The smallest absolute Gasteiger partial charge is 0.334 e. The summed E-state index contributed by atoms with van der Waals surface area (Å²) in [7, 11) is 1.40. The molecule has 2 aliphatic carbocycles. The summed E-state index contributed by atoms with van der Waals surface area (Å²) in [6.07, 6.45) is 6.67. The van der Waals surface area contributed by atoms with E-state index >= 15 is 0 Å². The summed E-state index contributed by atoms with van der Waals surface area (Å²) >= 11 is 0. The standard InChI is InChI=1S/C21H30O6/c1-12-7-10-21(11-22)14(18(24)25-3)5-4-6-15(21)20(12,2)9-8-13-16-19(26-16)27-17(13)23/h5,12-13,15-16,19,22H,4,6-11H2,1-3H3. The zero-order valence-corrected chi connectivity index (χ0v) is 16.4. The van der Waals surface area contributed by atoms with Crippen molar-refractivity contribution in [3.63, 3.8) is 0 Å². The molecule has 0 bridgehead atoms. The predicted molar refractivity (Wildman–Crippen MR) is 96.3 cm³/mol. The van der Waals surface area contributed by atoms with Crippen molar-refractivity contribution >= 4 is 11.9 Å². The van der Waals surface area contributed by atoms with Crippen molar-refractivity contribution in [3.8, 4) is 0 Å². The number of hydrogen-bond donors (Lipinski definition) is 1. The van der Waals surface area contributed by atoms with E-state index in [1.807, 2.05) is 6.08 Å². The molecule has 2 aliphatic heterocycles. The summed E-state index contributed by atoms with van der Waals surface area (Å²) in [6.45, 7) is 4.50. The normalized spacial score (nSPS) is 45.4. The molecule has 0 aromatic heterocycles. The summed E-state index contributed by atoms with van der Waals surface area (Å²) in [4.78, 5) is 24.5. The molecule has 6 heteroatoms. The van der Waals surface area contributed by atoms with Crippen molar-refractivity contribution in [1.29, 1.82) is 0 Å². The van der Waals surface area contributed by atoms with Crippen LogP contribution in [-0.2, 0) is 23.8 Å². The number of hydrogen-bond acceptors (Lipinski definition) is 6. The van der Waals surface area contributed by atoms with Gasteiger partial charge in [0.1, 0.15) is 6.10 Å². The second-order valence-corrected chi connectivity index (χ2v) is 9.05. The molecule has 0 radical (unpaired) electrons. The molecule has 3 fully saturated rings. The van der Waals surface area contributed by atoms with Gasteiger partial charge in [-0.05, 0) is 55.8 Å². The van der Waals surface area contributed by atoms with Gasteiger partial charge in [0, 0.05) is 11.0 Å². The quantitative estimate of drug-likeness (QED) is 0.585. The minimum Gasteiger partial charge on any atom is -0.466 e. The molecule has 0 aromatic rings. The first-order valence-corrected chi connectivity index (χ1v) is 10.1. The van der Waals surface area contributed by atoms with E-state index in [9.17, 15) is 14.7 Å². The van der Waals surface area contributed by atoms with E-state index in [1.54, 1.807) is 0 Å². The highest BCUT2D eigenvalue weighted by molar-refractivity contribution is 5.90. The number of methoxy groups -OCH3 is 1. The molecule has 1 saturated carbocycles. The van der Waals surface area contributed by atoms with Gasteiger partial charge in [0.15, 0.2) is 0 Å². The van der Waals surface area contributed by atoms with Crippen LogP contribution in [-0.4, -0.2) is 43.2 Å². The number of carbonyl (C=O) groups is 2. The molecular weight excluding hydrogens is 348 g/mol. The van der Waals surface area contributed by atoms with Crippen LogP contribution < -0.4 is 0 Å². The lowest BCUT2D eigenvalue weighted by molar-refractivity contribution is -0.152. The molecule has 6 nitrogen and oxygen atoms in total. The van der Waals surface area contributed by atoms with Crippen LogP contribution in [0.4, 0.5) is 0 Å². The van der Waals surface area contributed by atoms with Gasteiger partial charge >= 0.3 is 11.9 Å². The molecular formula is C21H30O6. The Labute approximate surface area is 160 Å². The van der Waals surface area contributed by atoms with Crippen molar-refractivity contribution in [1.82, 2.24) is 0 Å².